The van der Waals surface area contributed by atoms with Crippen molar-refractivity contribution >= 4 is 23.2 Å². The summed E-state index contributed by atoms with van der Waals surface area (Å²) >= 11 is 0. The summed E-state index contributed by atoms with van der Waals surface area (Å²) in [6.07, 6.45) is -3.60. The highest BCUT2D eigenvalue weighted by molar-refractivity contribution is 6.43. The molecule has 2 N–H and O–H groups in total. The Hall–Kier alpha value is -2.83. The molecule has 0 radical (unpaired) electrons. The van der Waals surface area contributed by atoms with E-state index in [9.17, 15) is 22.8 Å². The second-order valence-electron chi connectivity index (χ2n) is 5.03. The van der Waals surface area contributed by atoms with E-state index in [1.165, 1.54) is 0 Å². The van der Waals surface area contributed by atoms with Gasteiger partial charge in [0.25, 0.3) is 0 Å². The number of halogens is 3. The number of carbonyl (C=O) groups is 2. The fourth-order valence-corrected chi connectivity index (χ4v) is 1.94. The maximum Gasteiger partial charge on any atom is 0.416 e. The summed E-state index contributed by atoms with van der Waals surface area (Å²) in [7, 11) is 0. The van der Waals surface area contributed by atoms with E-state index in [0.29, 0.717) is 5.69 Å². The zero-order valence-corrected chi connectivity index (χ0v) is 12.8. The van der Waals surface area contributed by atoms with Crippen molar-refractivity contribution in [2.45, 2.75) is 19.5 Å². The Bertz CT molecular complexity index is 723. The molecule has 2 amide bonds. The van der Waals surface area contributed by atoms with Crippen molar-refractivity contribution in [1.29, 1.82) is 0 Å². The van der Waals surface area contributed by atoms with E-state index >= 15 is 0 Å². The Morgan fingerprint density at radius 2 is 1.25 bits per heavy atom. The summed E-state index contributed by atoms with van der Waals surface area (Å²) in [6, 6.07) is 10.8. The van der Waals surface area contributed by atoms with Crippen molar-refractivity contribution in [3.8, 4) is 0 Å². The summed E-state index contributed by atoms with van der Waals surface area (Å²) in [6.45, 7) is 1.99. The number of anilines is 2. The minimum Gasteiger partial charge on any atom is -0.318 e. The van der Waals surface area contributed by atoms with E-state index < -0.39 is 23.6 Å². The summed E-state index contributed by atoms with van der Waals surface area (Å²) < 4.78 is 37.4. The van der Waals surface area contributed by atoms with Gasteiger partial charge in [-0.2, -0.15) is 13.2 Å². The molecule has 0 fully saturated rings. The van der Waals surface area contributed by atoms with Gasteiger partial charge in [-0.15, -0.1) is 0 Å². The maximum absolute atomic E-state index is 12.5. The fourth-order valence-electron chi connectivity index (χ4n) is 1.94. The SMILES string of the molecule is CCc1ccc(NC(=O)C(=O)Nc2ccc(C(F)(F)F)cc2)cc1. The van der Waals surface area contributed by atoms with Gasteiger partial charge in [0.2, 0.25) is 0 Å². The third-order valence-electron chi connectivity index (χ3n) is 3.30. The lowest BCUT2D eigenvalue weighted by Crippen LogP contribution is -2.29. The summed E-state index contributed by atoms with van der Waals surface area (Å²) in [4.78, 5) is 23.6. The van der Waals surface area contributed by atoms with Crippen molar-refractivity contribution in [3.63, 3.8) is 0 Å². The molecule has 0 saturated heterocycles. The van der Waals surface area contributed by atoms with Crippen molar-refractivity contribution in [2.75, 3.05) is 10.6 Å². The molecule has 0 heterocycles. The van der Waals surface area contributed by atoms with Crippen LogP contribution in [0.2, 0.25) is 0 Å². The second-order valence-corrected chi connectivity index (χ2v) is 5.03. The third kappa shape index (κ3) is 4.58. The van der Waals surface area contributed by atoms with Gasteiger partial charge in [-0.1, -0.05) is 19.1 Å². The fraction of sp³-hybridized carbons (Fsp3) is 0.176. The second kappa shape index (κ2) is 7.16. The molecule has 0 aliphatic carbocycles. The van der Waals surface area contributed by atoms with Crippen LogP contribution in [0.3, 0.4) is 0 Å². The number of alkyl halides is 3. The molecule has 4 nitrogen and oxygen atoms in total. The zero-order valence-electron chi connectivity index (χ0n) is 12.8. The number of nitrogens with one attached hydrogen (secondary N) is 2. The average Bonchev–Trinajstić information content (AvgIpc) is 2.55. The molecular formula is C17H15F3N2O2. The highest BCUT2D eigenvalue weighted by Gasteiger charge is 2.30. The van der Waals surface area contributed by atoms with E-state index in [1.54, 1.807) is 12.1 Å². The molecule has 2 rings (SSSR count). The molecule has 24 heavy (non-hydrogen) atoms. The number of aryl methyl sites for hydroxylation is 1. The van der Waals surface area contributed by atoms with Gasteiger partial charge in [0, 0.05) is 11.4 Å². The molecule has 2 aromatic rings. The summed E-state index contributed by atoms with van der Waals surface area (Å²) in [5, 5.41) is 4.66. The van der Waals surface area contributed by atoms with E-state index in [4.69, 9.17) is 0 Å². The molecule has 0 aliphatic heterocycles. The van der Waals surface area contributed by atoms with Gasteiger partial charge < -0.3 is 10.6 Å². The van der Waals surface area contributed by atoms with E-state index in [-0.39, 0.29) is 5.69 Å². The predicted octanol–water partition coefficient (Wildman–Crippen LogP) is 3.85. The van der Waals surface area contributed by atoms with Crippen LogP contribution in [-0.2, 0) is 22.2 Å². The lowest BCUT2D eigenvalue weighted by molar-refractivity contribution is -0.137. The Morgan fingerprint density at radius 1 is 0.833 bits per heavy atom. The van der Waals surface area contributed by atoms with Gasteiger partial charge in [0.15, 0.2) is 0 Å². The first-order valence-corrected chi connectivity index (χ1v) is 7.18. The third-order valence-corrected chi connectivity index (χ3v) is 3.30. The van der Waals surface area contributed by atoms with Crippen LogP contribution in [0.15, 0.2) is 48.5 Å². The standard InChI is InChI=1S/C17H15F3N2O2/c1-2-11-3-7-13(8-4-11)21-15(23)16(24)22-14-9-5-12(6-10-14)17(18,19)20/h3-10H,2H2,1H3,(H,21,23)(H,22,24). The number of benzene rings is 2. The van der Waals surface area contributed by atoms with Crippen LogP contribution in [0.4, 0.5) is 24.5 Å². The van der Waals surface area contributed by atoms with Crippen LogP contribution in [0, 0.1) is 0 Å². The van der Waals surface area contributed by atoms with Crippen LogP contribution in [-0.4, -0.2) is 11.8 Å². The first-order chi connectivity index (χ1) is 11.3. The molecule has 0 atom stereocenters. The molecule has 2 aromatic carbocycles. The van der Waals surface area contributed by atoms with Gasteiger partial charge in [-0.3, -0.25) is 9.59 Å². The number of hydrogen-bond donors (Lipinski definition) is 2. The molecule has 126 valence electrons. The molecule has 0 saturated carbocycles. The molecule has 7 heteroatoms. The smallest absolute Gasteiger partial charge is 0.318 e. The van der Waals surface area contributed by atoms with Crippen LogP contribution in [0.5, 0.6) is 0 Å². The van der Waals surface area contributed by atoms with Crippen molar-refractivity contribution in [2.24, 2.45) is 0 Å². The Balaban J connectivity index is 1.97. The Kier molecular flexibility index (Phi) is 5.23. The van der Waals surface area contributed by atoms with Gasteiger partial charge in [0.05, 0.1) is 5.56 Å². The zero-order chi connectivity index (χ0) is 17.7. The molecule has 0 aliphatic rings. The van der Waals surface area contributed by atoms with Gasteiger partial charge in [0.1, 0.15) is 0 Å². The molecule has 0 spiro atoms. The lowest BCUT2D eigenvalue weighted by Gasteiger charge is -2.09. The topological polar surface area (TPSA) is 58.2 Å². The molecule has 0 aromatic heterocycles. The maximum atomic E-state index is 12.5. The van der Waals surface area contributed by atoms with Crippen molar-refractivity contribution in [3.05, 3.63) is 59.7 Å². The highest BCUT2D eigenvalue weighted by Crippen LogP contribution is 2.29. The predicted molar refractivity (Wildman–Crippen MR) is 84.5 cm³/mol. The number of amides is 2. The van der Waals surface area contributed by atoms with E-state index in [2.05, 4.69) is 10.6 Å². The quantitative estimate of drug-likeness (QED) is 0.837. The largest absolute Gasteiger partial charge is 0.416 e. The Labute approximate surface area is 136 Å². The minimum absolute atomic E-state index is 0.101. The molecule has 0 bridgehead atoms. The Morgan fingerprint density at radius 3 is 1.62 bits per heavy atom. The normalized spacial score (nSPS) is 11.0. The van der Waals surface area contributed by atoms with Crippen LogP contribution < -0.4 is 10.6 Å². The monoisotopic (exact) mass is 336 g/mol. The van der Waals surface area contributed by atoms with Gasteiger partial charge in [-0.25, -0.2) is 0 Å². The van der Waals surface area contributed by atoms with E-state index in [0.717, 1.165) is 36.2 Å². The number of hydrogen-bond acceptors (Lipinski definition) is 2. The van der Waals surface area contributed by atoms with Crippen molar-refractivity contribution in [1.82, 2.24) is 0 Å². The van der Waals surface area contributed by atoms with E-state index in [1.807, 2.05) is 19.1 Å². The highest BCUT2D eigenvalue weighted by atomic mass is 19.4. The first kappa shape index (κ1) is 17.5. The average molecular weight is 336 g/mol. The van der Waals surface area contributed by atoms with Crippen molar-refractivity contribution < 1.29 is 22.8 Å². The molecule has 0 unspecified atom stereocenters. The van der Waals surface area contributed by atoms with Crippen LogP contribution >= 0.6 is 0 Å². The van der Waals surface area contributed by atoms with Gasteiger partial charge in [-0.05, 0) is 48.4 Å². The number of rotatable bonds is 3. The molecular weight excluding hydrogens is 321 g/mol. The first-order valence-electron chi connectivity index (χ1n) is 7.18. The van der Waals surface area contributed by atoms with Crippen LogP contribution in [0.1, 0.15) is 18.1 Å². The minimum atomic E-state index is -4.45. The van der Waals surface area contributed by atoms with Crippen LogP contribution in [0.25, 0.3) is 0 Å². The van der Waals surface area contributed by atoms with Gasteiger partial charge >= 0.3 is 18.0 Å². The summed E-state index contributed by atoms with van der Waals surface area (Å²) in [5.41, 5.74) is 0.812. The number of carbonyl (C=O) groups excluding carboxylic acids is 2. The summed E-state index contributed by atoms with van der Waals surface area (Å²) in [5.74, 6) is -1.87. The lowest BCUT2D eigenvalue weighted by atomic mass is 10.1.